The normalized spacial score (nSPS) is 19.7. The Morgan fingerprint density at radius 1 is 1.18 bits per heavy atom. The van der Waals surface area contributed by atoms with Crippen molar-refractivity contribution in [1.29, 1.82) is 0 Å². The van der Waals surface area contributed by atoms with Crippen molar-refractivity contribution in [3.05, 3.63) is 42.5 Å². The van der Waals surface area contributed by atoms with Gasteiger partial charge in [0.05, 0.1) is 15.8 Å². The molecule has 146 valence electrons. The van der Waals surface area contributed by atoms with Gasteiger partial charge in [-0.1, -0.05) is 12.1 Å². The summed E-state index contributed by atoms with van der Waals surface area (Å²) in [5.41, 5.74) is 0.712. The number of ether oxygens (including phenoxy) is 2. The van der Waals surface area contributed by atoms with Crippen LogP contribution in [0.1, 0.15) is 13.3 Å². The van der Waals surface area contributed by atoms with Crippen molar-refractivity contribution >= 4 is 33.0 Å². The van der Waals surface area contributed by atoms with Crippen LogP contribution in [0.2, 0.25) is 0 Å². The molecule has 2 amide bonds. The van der Waals surface area contributed by atoms with Gasteiger partial charge in [-0.05, 0) is 31.2 Å². The number of amides is 2. The van der Waals surface area contributed by atoms with Crippen molar-refractivity contribution < 1.29 is 27.5 Å². The highest BCUT2D eigenvalue weighted by atomic mass is 32.2. The molecule has 1 atom stereocenters. The topological polar surface area (TPSA) is 102 Å². The molecule has 2 aliphatic rings. The Morgan fingerprint density at radius 3 is 2.75 bits per heavy atom. The van der Waals surface area contributed by atoms with E-state index in [2.05, 4.69) is 5.32 Å². The maximum Gasteiger partial charge on any atom is 0.244 e. The van der Waals surface area contributed by atoms with Crippen molar-refractivity contribution in [3.8, 4) is 11.5 Å². The Balaban J connectivity index is 1.59. The van der Waals surface area contributed by atoms with Gasteiger partial charge in [0.15, 0.2) is 21.3 Å². The van der Waals surface area contributed by atoms with Gasteiger partial charge in [0.1, 0.15) is 6.54 Å². The molecule has 0 bridgehead atoms. The number of carbonyl (C=O) groups excluding carboxylic acids is 2. The quantitative estimate of drug-likeness (QED) is 0.842. The van der Waals surface area contributed by atoms with E-state index in [1.54, 1.807) is 30.3 Å². The molecule has 8 nitrogen and oxygen atoms in total. The molecule has 0 aliphatic carbocycles. The van der Waals surface area contributed by atoms with Crippen LogP contribution in [-0.4, -0.2) is 38.8 Å². The fourth-order valence-electron chi connectivity index (χ4n) is 3.23. The van der Waals surface area contributed by atoms with E-state index in [9.17, 15) is 18.0 Å². The lowest BCUT2D eigenvalue weighted by Crippen LogP contribution is -2.38. The molecule has 0 saturated carbocycles. The fraction of sp³-hybridized carbons (Fsp3) is 0.263. The lowest BCUT2D eigenvalue weighted by Gasteiger charge is -2.21. The highest BCUT2D eigenvalue weighted by Gasteiger charge is 2.36. The molecule has 0 aromatic heterocycles. The maximum atomic E-state index is 12.7. The van der Waals surface area contributed by atoms with Crippen LogP contribution in [0, 0.1) is 0 Å². The van der Waals surface area contributed by atoms with Gasteiger partial charge < -0.3 is 19.7 Å². The van der Waals surface area contributed by atoms with Crippen LogP contribution in [0.15, 0.2) is 47.4 Å². The van der Waals surface area contributed by atoms with Crippen LogP contribution in [0.5, 0.6) is 11.5 Å². The average Bonchev–Trinajstić information content (AvgIpc) is 3.11. The van der Waals surface area contributed by atoms with Gasteiger partial charge in [0.25, 0.3) is 0 Å². The number of hydrogen-bond donors (Lipinski definition) is 1. The van der Waals surface area contributed by atoms with Gasteiger partial charge in [-0.15, -0.1) is 0 Å². The van der Waals surface area contributed by atoms with E-state index in [1.165, 1.54) is 24.0 Å². The first-order valence-corrected chi connectivity index (χ1v) is 10.2. The summed E-state index contributed by atoms with van der Waals surface area (Å²) in [6.07, 6.45) is -0.186. The van der Waals surface area contributed by atoms with Gasteiger partial charge in [-0.2, -0.15) is 0 Å². The zero-order valence-corrected chi connectivity index (χ0v) is 15.9. The molecule has 28 heavy (non-hydrogen) atoms. The van der Waals surface area contributed by atoms with Crippen LogP contribution >= 0.6 is 0 Å². The second-order valence-electron chi connectivity index (χ2n) is 6.62. The first-order valence-electron chi connectivity index (χ1n) is 8.69. The summed E-state index contributed by atoms with van der Waals surface area (Å²) in [6, 6.07) is 11.2. The highest BCUT2D eigenvalue weighted by Crippen LogP contribution is 2.35. The van der Waals surface area contributed by atoms with E-state index in [4.69, 9.17) is 9.47 Å². The van der Waals surface area contributed by atoms with Crippen LogP contribution in [0.4, 0.5) is 11.4 Å². The molecule has 0 radical (unpaired) electrons. The van der Waals surface area contributed by atoms with E-state index < -0.39 is 26.9 Å². The molecule has 2 aromatic rings. The third kappa shape index (κ3) is 3.18. The number of carbonyl (C=O) groups is 2. The number of benzene rings is 2. The standard InChI is InChI=1S/C19H18N2O6S/c1-12-8-19(23)21(14-4-2-3-5-17(14)28(12,24)25)10-18(22)20-13-6-7-15-16(9-13)27-11-26-15/h2-7,9,12H,8,10-11H2,1H3,(H,20,22). The molecule has 4 rings (SSSR count). The number of hydrogen-bond acceptors (Lipinski definition) is 6. The van der Waals surface area contributed by atoms with E-state index in [1.807, 2.05) is 0 Å². The number of fused-ring (bicyclic) bond motifs is 2. The summed E-state index contributed by atoms with van der Waals surface area (Å²) in [6.45, 7) is 1.32. The number of rotatable bonds is 3. The lowest BCUT2D eigenvalue weighted by atomic mass is 10.2. The number of para-hydroxylation sites is 1. The van der Waals surface area contributed by atoms with Gasteiger partial charge in [0, 0.05) is 18.2 Å². The number of sulfone groups is 1. The third-order valence-electron chi connectivity index (χ3n) is 4.71. The van der Waals surface area contributed by atoms with Crippen molar-refractivity contribution in [1.82, 2.24) is 0 Å². The predicted octanol–water partition coefficient (Wildman–Crippen LogP) is 1.95. The van der Waals surface area contributed by atoms with Crippen LogP contribution in [-0.2, 0) is 19.4 Å². The molecule has 2 aromatic carbocycles. The smallest absolute Gasteiger partial charge is 0.244 e. The summed E-state index contributed by atoms with van der Waals surface area (Å²) in [7, 11) is -3.65. The highest BCUT2D eigenvalue weighted by molar-refractivity contribution is 7.92. The largest absolute Gasteiger partial charge is 0.454 e. The molecule has 2 heterocycles. The molecule has 2 aliphatic heterocycles. The Morgan fingerprint density at radius 2 is 1.93 bits per heavy atom. The van der Waals surface area contributed by atoms with Gasteiger partial charge in [-0.25, -0.2) is 8.42 Å². The monoisotopic (exact) mass is 402 g/mol. The van der Waals surface area contributed by atoms with Gasteiger partial charge >= 0.3 is 0 Å². The molecular formula is C19H18N2O6S. The Kier molecular flexibility index (Phi) is 4.46. The Hall–Kier alpha value is -3.07. The Labute approximate surface area is 162 Å². The van der Waals surface area contributed by atoms with Crippen LogP contribution < -0.4 is 19.7 Å². The molecule has 1 N–H and O–H groups in total. The zero-order valence-electron chi connectivity index (χ0n) is 15.0. The van der Waals surface area contributed by atoms with E-state index in [0.29, 0.717) is 17.2 Å². The number of anilines is 2. The maximum absolute atomic E-state index is 12.7. The predicted molar refractivity (Wildman–Crippen MR) is 101 cm³/mol. The van der Waals surface area contributed by atoms with Gasteiger partial charge in [0.2, 0.25) is 18.6 Å². The molecule has 9 heteroatoms. The number of nitrogens with zero attached hydrogens (tertiary/aromatic N) is 1. The molecule has 0 fully saturated rings. The second-order valence-corrected chi connectivity index (χ2v) is 8.96. The molecule has 1 unspecified atom stereocenters. The minimum absolute atomic E-state index is 0.0595. The summed E-state index contributed by atoms with van der Waals surface area (Å²) in [5.74, 6) is 0.249. The Bertz CT molecular complexity index is 1070. The minimum Gasteiger partial charge on any atom is -0.454 e. The van der Waals surface area contributed by atoms with Crippen molar-refractivity contribution in [3.63, 3.8) is 0 Å². The fourth-order valence-corrected chi connectivity index (χ4v) is 4.76. The summed E-state index contributed by atoms with van der Waals surface area (Å²) < 4.78 is 35.9. The summed E-state index contributed by atoms with van der Waals surface area (Å²) in [4.78, 5) is 26.5. The van der Waals surface area contributed by atoms with Gasteiger partial charge in [-0.3, -0.25) is 9.59 Å². The SMILES string of the molecule is CC1CC(=O)N(CC(=O)Nc2ccc3c(c2)OCO3)c2ccccc2S1(=O)=O. The zero-order chi connectivity index (χ0) is 19.9. The summed E-state index contributed by atoms with van der Waals surface area (Å²) in [5, 5.41) is 1.85. The number of nitrogens with one attached hydrogen (secondary N) is 1. The van der Waals surface area contributed by atoms with Crippen LogP contribution in [0.3, 0.4) is 0 Å². The lowest BCUT2D eigenvalue weighted by molar-refractivity contribution is -0.121. The molecule has 0 spiro atoms. The third-order valence-corrected chi connectivity index (χ3v) is 6.90. The van der Waals surface area contributed by atoms with Crippen molar-refractivity contribution in [2.24, 2.45) is 0 Å². The van der Waals surface area contributed by atoms with E-state index in [0.717, 1.165) is 0 Å². The second kappa shape index (κ2) is 6.83. The first-order chi connectivity index (χ1) is 13.4. The van der Waals surface area contributed by atoms with E-state index >= 15 is 0 Å². The minimum atomic E-state index is -3.65. The van der Waals surface area contributed by atoms with Crippen molar-refractivity contribution in [2.75, 3.05) is 23.6 Å². The first kappa shape index (κ1) is 18.3. The molecule has 0 saturated heterocycles. The summed E-state index contributed by atoms with van der Waals surface area (Å²) >= 11 is 0. The van der Waals surface area contributed by atoms with E-state index in [-0.39, 0.29) is 30.3 Å². The average molecular weight is 402 g/mol. The van der Waals surface area contributed by atoms with Crippen molar-refractivity contribution in [2.45, 2.75) is 23.5 Å². The molecular weight excluding hydrogens is 384 g/mol. The van der Waals surface area contributed by atoms with Crippen LogP contribution in [0.25, 0.3) is 0 Å².